The number of halogens is 6. The van der Waals surface area contributed by atoms with Crippen LogP contribution in [-0.2, 0) is 41.5 Å². The Kier molecular flexibility index (Phi) is 16.7. The fourth-order valence-electron chi connectivity index (χ4n) is 7.33. The maximum absolute atomic E-state index is 6.67. The quantitative estimate of drug-likeness (QED) is 0.122. The van der Waals surface area contributed by atoms with E-state index in [1.807, 2.05) is 66.8 Å². The third kappa shape index (κ3) is 11.3. The van der Waals surface area contributed by atoms with E-state index in [9.17, 15) is 0 Å². The van der Waals surface area contributed by atoms with Crippen LogP contribution < -0.4 is 24.8 Å². The van der Waals surface area contributed by atoms with E-state index in [0.29, 0.717) is 12.8 Å². The number of benzene rings is 4. The second-order valence-electron chi connectivity index (χ2n) is 16.7. The summed E-state index contributed by atoms with van der Waals surface area (Å²) in [5.41, 5.74) is 13.5. The molecular formula is C51H48Cl6Zr-2. The standard InChI is InChI=1S/C33H33.C13H10Cl4.C5H5.2ClH.Zr/c1-32(2,3)30-20-26-24(18-28(30)22-13-9-7-10-14-22)17-25-19-29(23-15-11-8-12-16-23)31(21-27(25)26)33(4,5)6;14-10-1-5-12(16,6-2-10)9-13(17)7-3-11(15)4-8-13;1-2-4-5-3-1;;;/h7-16,18,20-21H,17H2,1-6H3;1-5,7H,6,8H2;1-5H;2*1H;/q-1;;-1;;;+2/p-2. The molecule has 0 amide bonds. The molecule has 0 saturated carbocycles. The van der Waals surface area contributed by atoms with Gasteiger partial charge in [-0.2, -0.15) is 18.2 Å². The molecule has 2 atom stereocenters. The number of fused-ring (bicyclic) bond motifs is 3. The number of alkyl halides is 2. The predicted molar refractivity (Wildman–Crippen MR) is 241 cm³/mol. The molecule has 5 aromatic rings. The summed E-state index contributed by atoms with van der Waals surface area (Å²) in [4.78, 5) is -1.08. The first-order chi connectivity index (χ1) is 26.5. The van der Waals surface area contributed by atoms with Gasteiger partial charge in [0, 0.05) is 0 Å². The molecule has 0 bridgehead atoms. The van der Waals surface area contributed by atoms with Crippen molar-refractivity contribution in [2.75, 3.05) is 0 Å². The minimum Gasteiger partial charge on any atom is -1.00 e. The van der Waals surface area contributed by atoms with E-state index in [1.54, 1.807) is 0 Å². The van der Waals surface area contributed by atoms with E-state index in [0.717, 1.165) is 19.7 Å². The maximum atomic E-state index is 6.67. The maximum Gasteiger partial charge on any atom is -0.172 e. The first kappa shape index (κ1) is 48.4. The van der Waals surface area contributed by atoms with Gasteiger partial charge in [0.25, 0.3) is 0 Å². The first-order valence-corrected chi connectivity index (χ1v) is 21.8. The Labute approximate surface area is 393 Å². The summed E-state index contributed by atoms with van der Waals surface area (Å²) < 4.78 is 1.08. The van der Waals surface area contributed by atoms with Crippen LogP contribution in [0.4, 0.5) is 0 Å². The molecule has 0 saturated heterocycles. The Balaban J connectivity index is 0.000000250. The normalized spacial score (nSPS) is 19.0. The summed E-state index contributed by atoms with van der Waals surface area (Å²) >= 11 is 26.4. The predicted octanol–water partition coefficient (Wildman–Crippen LogP) is 9.23. The first-order valence-electron chi connectivity index (χ1n) is 19.1. The minimum absolute atomic E-state index is 0. The van der Waals surface area contributed by atoms with Crippen molar-refractivity contribution in [3.63, 3.8) is 0 Å². The van der Waals surface area contributed by atoms with Gasteiger partial charge < -0.3 is 24.8 Å². The molecule has 0 spiro atoms. The molecule has 300 valence electrons. The third-order valence-corrected chi connectivity index (χ3v) is 14.9. The molecule has 0 aliphatic heterocycles. The van der Waals surface area contributed by atoms with Crippen LogP contribution in [0.15, 0.2) is 156 Å². The Morgan fingerprint density at radius 2 is 1.12 bits per heavy atom. The fourth-order valence-corrected chi connectivity index (χ4v) is 9.18. The van der Waals surface area contributed by atoms with Gasteiger partial charge in [0.1, 0.15) is 0 Å². The molecular weight excluding hydrogens is 917 g/mol. The van der Waals surface area contributed by atoms with Gasteiger partial charge in [-0.05, 0) is 39.5 Å². The molecule has 0 aromatic heterocycles. The van der Waals surface area contributed by atoms with Crippen LogP contribution in [0.3, 0.4) is 0 Å². The van der Waals surface area contributed by atoms with Gasteiger partial charge in [0.2, 0.25) is 0 Å². The van der Waals surface area contributed by atoms with E-state index < -0.39 is 9.75 Å². The van der Waals surface area contributed by atoms with Crippen molar-refractivity contribution in [3.8, 4) is 33.4 Å². The van der Waals surface area contributed by atoms with Crippen LogP contribution in [-0.4, -0.2) is 13.0 Å². The van der Waals surface area contributed by atoms with E-state index in [4.69, 9.17) is 46.4 Å². The minimum atomic E-state index is -0.541. The zero-order chi connectivity index (χ0) is 40.3. The van der Waals surface area contributed by atoms with Crippen molar-refractivity contribution in [1.82, 2.24) is 0 Å². The van der Waals surface area contributed by atoms with Gasteiger partial charge in [-0.25, -0.2) is 12.1 Å². The average molecular weight is 965 g/mol. The van der Waals surface area contributed by atoms with Crippen molar-refractivity contribution < 1.29 is 49.0 Å². The molecule has 0 radical (unpaired) electrons. The molecule has 2 unspecified atom stereocenters. The van der Waals surface area contributed by atoms with Crippen LogP contribution in [0.25, 0.3) is 33.4 Å². The van der Waals surface area contributed by atoms with E-state index in [1.165, 1.54) is 79.9 Å². The van der Waals surface area contributed by atoms with Crippen LogP contribution >= 0.6 is 46.4 Å². The van der Waals surface area contributed by atoms with Crippen molar-refractivity contribution in [2.24, 2.45) is 0 Å². The summed E-state index contributed by atoms with van der Waals surface area (Å²) in [6.07, 6.45) is 13.7. The summed E-state index contributed by atoms with van der Waals surface area (Å²) in [7, 11) is 0. The van der Waals surface area contributed by atoms with Gasteiger partial charge in [0.05, 0.1) is 0 Å². The SMILES string of the molecule is CC(C)(C)c1cc2c([c-]c1-c1ccccc1)Cc1cc(-c3ccccc3)c(C(C)(C)C)cc1-2.ClC1=CCC(Cl)([C](=[Zr+2])C2(Cl)C=CC(Cl)=CC2)C=C1.[Cl-].[Cl-].c1cc[cH-]c1. The van der Waals surface area contributed by atoms with Gasteiger partial charge in [-0.15, -0.1) is 28.8 Å². The summed E-state index contributed by atoms with van der Waals surface area (Å²) in [5, 5.41) is 1.45. The van der Waals surface area contributed by atoms with E-state index >= 15 is 0 Å². The molecule has 0 fully saturated rings. The zero-order valence-electron chi connectivity index (χ0n) is 33.7. The monoisotopic (exact) mass is 960 g/mol. The average Bonchev–Trinajstić information content (AvgIpc) is 3.88. The molecule has 3 aliphatic carbocycles. The van der Waals surface area contributed by atoms with Crippen LogP contribution in [0, 0.1) is 6.07 Å². The van der Waals surface area contributed by atoms with E-state index in [-0.39, 0.29) is 35.6 Å². The van der Waals surface area contributed by atoms with Gasteiger partial charge in [-0.1, -0.05) is 131 Å². The fraction of sp³-hybridized carbons (Fsp3) is 0.255. The van der Waals surface area contributed by atoms with Crippen LogP contribution in [0.2, 0.25) is 0 Å². The number of allylic oxidation sites excluding steroid dienone is 8. The molecule has 7 heteroatoms. The van der Waals surface area contributed by atoms with Crippen molar-refractivity contribution >= 4 is 49.6 Å². The molecule has 58 heavy (non-hydrogen) atoms. The summed E-state index contributed by atoms with van der Waals surface area (Å²) in [6, 6.07) is 42.8. The molecule has 8 rings (SSSR count). The van der Waals surface area contributed by atoms with Crippen molar-refractivity contribution in [1.29, 1.82) is 0 Å². The number of hydrogen-bond donors (Lipinski definition) is 0. The Morgan fingerprint density at radius 1 is 0.638 bits per heavy atom. The summed E-state index contributed by atoms with van der Waals surface area (Å²) in [6.45, 7) is 13.9. The largest absolute Gasteiger partial charge is 1.00 e. The smallest absolute Gasteiger partial charge is 0.172 e. The van der Waals surface area contributed by atoms with Crippen LogP contribution in [0.1, 0.15) is 76.6 Å². The second kappa shape index (κ2) is 20.0. The molecule has 0 N–H and O–H groups in total. The van der Waals surface area contributed by atoms with Crippen LogP contribution in [0.5, 0.6) is 0 Å². The second-order valence-corrected chi connectivity index (χ2v) is 20.2. The number of rotatable bonds is 4. The Morgan fingerprint density at radius 3 is 1.55 bits per heavy atom. The third-order valence-electron chi connectivity index (χ3n) is 10.4. The zero-order valence-corrected chi connectivity index (χ0v) is 40.7. The van der Waals surface area contributed by atoms with Crippen molar-refractivity contribution in [3.05, 3.63) is 184 Å². The van der Waals surface area contributed by atoms with Gasteiger partial charge >= 0.3 is 143 Å². The Bertz CT molecular complexity index is 2140. The topological polar surface area (TPSA) is 0 Å². The molecule has 0 heterocycles. The molecule has 0 nitrogen and oxygen atoms in total. The van der Waals surface area contributed by atoms with E-state index in [2.05, 4.69) is 126 Å². The molecule has 3 aliphatic rings. The Hall–Kier alpha value is -2.32. The van der Waals surface area contributed by atoms with Gasteiger partial charge in [0.15, 0.2) is 0 Å². The molecule has 5 aromatic carbocycles. The van der Waals surface area contributed by atoms with Crippen molar-refractivity contribution in [2.45, 2.75) is 81.4 Å². The number of hydrogen-bond acceptors (Lipinski definition) is 0. The van der Waals surface area contributed by atoms with Gasteiger partial charge in [-0.3, -0.25) is 0 Å². The summed E-state index contributed by atoms with van der Waals surface area (Å²) in [5.74, 6) is 0.